The molecular weight excluding hydrogens is 414 g/mol. The third-order valence-corrected chi connectivity index (χ3v) is 7.55. The van der Waals surface area contributed by atoms with Gasteiger partial charge in [0.2, 0.25) is 5.36 Å². The first-order valence-corrected chi connectivity index (χ1v) is 12.2. The van der Waals surface area contributed by atoms with Crippen molar-refractivity contribution in [3.8, 4) is 17.6 Å². The lowest BCUT2D eigenvalue weighted by molar-refractivity contribution is -0.137. The normalized spacial score (nSPS) is 17.8. The zero-order valence-electron chi connectivity index (χ0n) is 18.8. The maximum Gasteiger partial charge on any atom is 0.303 e. The molecule has 0 atom stereocenters. The van der Waals surface area contributed by atoms with Gasteiger partial charge in [0.1, 0.15) is 30.7 Å². The number of nitrogens with zero attached hydrogens (tertiary/aromatic N) is 3. The largest absolute Gasteiger partial charge is 0.481 e. The second-order valence-electron chi connectivity index (χ2n) is 9.59. The van der Waals surface area contributed by atoms with Crippen molar-refractivity contribution in [2.24, 2.45) is 0 Å². The Morgan fingerprint density at radius 3 is 2.76 bits per heavy atom. The summed E-state index contributed by atoms with van der Waals surface area (Å²) in [6, 6.07) is 8.97. The highest BCUT2D eigenvalue weighted by Crippen LogP contribution is 2.41. The Kier molecular flexibility index (Phi) is 4.86. The predicted molar refractivity (Wildman–Crippen MR) is 125 cm³/mol. The van der Waals surface area contributed by atoms with Crippen molar-refractivity contribution in [1.82, 2.24) is 4.58 Å². The third-order valence-electron chi connectivity index (χ3n) is 7.55. The molecule has 0 amide bonds. The lowest BCUT2D eigenvalue weighted by Crippen LogP contribution is -2.45. The van der Waals surface area contributed by atoms with Gasteiger partial charge in [0.05, 0.1) is 11.1 Å². The Bertz CT molecular complexity index is 1350. The SMILES string of the molecule is N#CC1=c2cc3c4c(c2Oc2cc5c(cc21)CCCN5CCCC(=O)O)CCC[N+]=4CCC3. The van der Waals surface area contributed by atoms with E-state index in [0.29, 0.717) is 6.42 Å². The lowest BCUT2D eigenvalue weighted by Gasteiger charge is -2.33. The lowest BCUT2D eigenvalue weighted by atomic mass is 9.89. The van der Waals surface area contributed by atoms with Gasteiger partial charge in [-0.25, -0.2) is 4.58 Å². The minimum absolute atomic E-state index is 0.179. The molecule has 6 rings (SSSR count). The zero-order valence-corrected chi connectivity index (χ0v) is 18.8. The fourth-order valence-electron chi connectivity index (χ4n) is 6.13. The van der Waals surface area contributed by atoms with Crippen LogP contribution in [0.2, 0.25) is 0 Å². The Labute approximate surface area is 193 Å². The third kappa shape index (κ3) is 3.30. The van der Waals surface area contributed by atoms with E-state index in [1.165, 1.54) is 22.0 Å². The van der Waals surface area contributed by atoms with E-state index in [1.807, 2.05) is 0 Å². The summed E-state index contributed by atoms with van der Waals surface area (Å²) in [5, 5.41) is 21.6. The van der Waals surface area contributed by atoms with Crippen molar-refractivity contribution >= 4 is 17.2 Å². The monoisotopic (exact) mass is 442 g/mol. The summed E-state index contributed by atoms with van der Waals surface area (Å²) in [6.07, 6.45) is 7.13. The molecule has 6 nitrogen and oxygen atoms in total. The van der Waals surface area contributed by atoms with Crippen molar-refractivity contribution < 1.29 is 14.6 Å². The Morgan fingerprint density at radius 1 is 1.12 bits per heavy atom. The van der Waals surface area contributed by atoms with E-state index < -0.39 is 5.97 Å². The van der Waals surface area contributed by atoms with E-state index in [2.05, 4.69) is 33.7 Å². The summed E-state index contributed by atoms with van der Waals surface area (Å²) in [7, 11) is 0. The van der Waals surface area contributed by atoms with Gasteiger partial charge in [0.15, 0.2) is 0 Å². The molecule has 33 heavy (non-hydrogen) atoms. The maximum atomic E-state index is 11.0. The Balaban J connectivity index is 1.50. The molecule has 0 aromatic heterocycles. The fourth-order valence-corrected chi connectivity index (χ4v) is 6.13. The first kappa shape index (κ1) is 20.3. The number of carbonyl (C=O) groups is 1. The summed E-state index contributed by atoms with van der Waals surface area (Å²) >= 11 is 0. The average Bonchev–Trinajstić information content (AvgIpc) is 2.82. The molecule has 0 aliphatic carbocycles. The van der Waals surface area contributed by atoms with Crippen LogP contribution in [-0.2, 0) is 24.1 Å². The van der Waals surface area contributed by atoms with Crippen LogP contribution in [0, 0.1) is 11.3 Å². The Morgan fingerprint density at radius 2 is 1.94 bits per heavy atom. The van der Waals surface area contributed by atoms with Gasteiger partial charge in [-0.05, 0) is 49.8 Å². The molecule has 0 spiro atoms. The number of rotatable bonds is 4. The number of ether oxygens (including phenoxy) is 1. The van der Waals surface area contributed by atoms with Gasteiger partial charge >= 0.3 is 5.97 Å². The van der Waals surface area contributed by atoms with Crippen LogP contribution in [0.1, 0.15) is 54.4 Å². The highest BCUT2D eigenvalue weighted by Gasteiger charge is 2.32. The number of hydrogen-bond acceptors (Lipinski definition) is 4. The summed E-state index contributed by atoms with van der Waals surface area (Å²) in [5.74, 6) is 0.877. The van der Waals surface area contributed by atoms with Crippen LogP contribution in [0.25, 0.3) is 5.57 Å². The average molecular weight is 443 g/mol. The van der Waals surface area contributed by atoms with Gasteiger partial charge < -0.3 is 14.7 Å². The number of hydrogen-bond donors (Lipinski definition) is 1. The second kappa shape index (κ2) is 7.91. The van der Waals surface area contributed by atoms with Gasteiger partial charge in [-0.1, -0.05) is 0 Å². The number of nitriles is 1. The number of benzene rings is 2. The second-order valence-corrected chi connectivity index (χ2v) is 9.59. The van der Waals surface area contributed by atoms with Crippen LogP contribution in [0.15, 0.2) is 18.2 Å². The van der Waals surface area contributed by atoms with Crippen LogP contribution in [-0.4, -0.2) is 37.3 Å². The highest BCUT2D eigenvalue weighted by molar-refractivity contribution is 5.85. The van der Waals surface area contributed by atoms with E-state index in [4.69, 9.17) is 9.84 Å². The molecule has 0 unspecified atom stereocenters. The van der Waals surface area contributed by atoms with Crippen molar-refractivity contribution in [1.29, 1.82) is 5.26 Å². The molecule has 0 saturated carbocycles. The molecule has 4 aliphatic heterocycles. The van der Waals surface area contributed by atoms with Gasteiger partial charge in [0.25, 0.3) is 0 Å². The molecule has 0 bridgehead atoms. The highest BCUT2D eigenvalue weighted by atomic mass is 16.5. The summed E-state index contributed by atoms with van der Waals surface area (Å²) < 4.78 is 9.12. The quantitative estimate of drug-likeness (QED) is 0.737. The molecule has 2 aromatic rings. The minimum atomic E-state index is -0.753. The van der Waals surface area contributed by atoms with Crippen molar-refractivity contribution in [3.05, 3.63) is 51.0 Å². The van der Waals surface area contributed by atoms with Gasteiger partial charge in [-0.2, -0.15) is 5.26 Å². The maximum absolute atomic E-state index is 11.0. The summed E-state index contributed by atoms with van der Waals surface area (Å²) in [6.45, 7) is 3.84. The molecule has 2 aromatic carbocycles. The van der Waals surface area contributed by atoms with Gasteiger partial charge in [-0.3, -0.25) is 4.79 Å². The van der Waals surface area contributed by atoms with Gasteiger partial charge in [-0.15, -0.1) is 0 Å². The smallest absolute Gasteiger partial charge is 0.303 e. The number of fused-ring (bicyclic) bond motifs is 4. The number of aliphatic carboxylic acids is 1. The van der Waals surface area contributed by atoms with E-state index >= 15 is 0 Å². The van der Waals surface area contributed by atoms with Crippen LogP contribution < -0.4 is 24.8 Å². The summed E-state index contributed by atoms with van der Waals surface area (Å²) in [4.78, 5) is 13.3. The molecule has 168 valence electrons. The predicted octanol–water partition coefficient (Wildman–Crippen LogP) is 2.52. The van der Waals surface area contributed by atoms with E-state index in [-0.39, 0.29) is 6.42 Å². The molecule has 0 radical (unpaired) electrons. The molecule has 4 heterocycles. The van der Waals surface area contributed by atoms with Crippen molar-refractivity contribution in [2.45, 2.75) is 51.4 Å². The molecule has 4 aliphatic rings. The standard InChI is InChI=1S/C27H27N3O3/c28-16-22-20-13-17-5-1-9-29(10-4-8-25(31)32)23(17)15-24(20)33-27-19-7-3-12-30-11-2-6-18(26(19)30)14-21(22)27/h13-15H,1-12H2/p+1. The topological polar surface area (TPSA) is 76.6 Å². The Hall–Kier alpha value is -3.33. The van der Waals surface area contributed by atoms with E-state index in [1.54, 1.807) is 0 Å². The minimum Gasteiger partial charge on any atom is -0.481 e. The summed E-state index contributed by atoms with van der Waals surface area (Å²) in [5.41, 5.74) is 6.59. The van der Waals surface area contributed by atoms with Crippen molar-refractivity contribution in [3.63, 3.8) is 0 Å². The van der Waals surface area contributed by atoms with Crippen molar-refractivity contribution in [2.75, 3.05) is 31.1 Å². The zero-order chi connectivity index (χ0) is 22.5. The van der Waals surface area contributed by atoms with Gasteiger partial charge in [0, 0.05) is 60.5 Å². The fraction of sp³-hybridized carbons (Fsp3) is 0.444. The molecule has 0 saturated heterocycles. The number of anilines is 1. The van der Waals surface area contributed by atoms with Crippen LogP contribution >= 0.6 is 0 Å². The van der Waals surface area contributed by atoms with Crippen LogP contribution in [0.5, 0.6) is 11.5 Å². The molecule has 6 heteroatoms. The first-order valence-electron chi connectivity index (χ1n) is 12.2. The molecule has 1 N–H and O–H groups in total. The van der Waals surface area contributed by atoms with E-state index in [0.717, 1.165) is 98.2 Å². The first-order chi connectivity index (χ1) is 16.1. The molecular formula is C27H28N3O3+. The number of aryl methyl sites for hydroxylation is 2. The number of carboxylic acid groups (broad SMARTS) is 1. The van der Waals surface area contributed by atoms with Crippen LogP contribution in [0.3, 0.4) is 0 Å². The van der Waals surface area contributed by atoms with Crippen LogP contribution in [0.4, 0.5) is 5.69 Å². The van der Waals surface area contributed by atoms with E-state index in [9.17, 15) is 10.1 Å². The molecule has 0 fully saturated rings. The number of carboxylic acids is 1.